The van der Waals surface area contributed by atoms with Gasteiger partial charge < -0.3 is 14.6 Å². The van der Waals surface area contributed by atoms with E-state index in [9.17, 15) is 0 Å². The van der Waals surface area contributed by atoms with Gasteiger partial charge in [-0.15, -0.1) is 0 Å². The molecule has 0 bridgehead atoms. The molecule has 88 valence electrons. The second kappa shape index (κ2) is 4.15. The molecule has 0 saturated carbocycles. The van der Waals surface area contributed by atoms with Crippen molar-refractivity contribution in [2.45, 2.75) is 32.5 Å². The zero-order valence-electron chi connectivity index (χ0n) is 9.42. The topological polar surface area (TPSA) is 38.7 Å². The first-order valence-electron chi connectivity index (χ1n) is 5.33. The number of benzene rings is 1. The molecule has 0 spiro atoms. The van der Waals surface area contributed by atoms with Crippen LogP contribution in [0.15, 0.2) is 12.1 Å². The SMILES string of the molecule is CC1(C)Oc2cc(Cl)c(CCCO)cc2O1. The van der Waals surface area contributed by atoms with Crippen molar-refractivity contribution in [3.05, 3.63) is 22.7 Å². The lowest BCUT2D eigenvalue weighted by Crippen LogP contribution is -2.29. The molecule has 4 heteroatoms. The van der Waals surface area contributed by atoms with Crippen LogP contribution in [0, 0.1) is 0 Å². The zero-order valence-corrected chi connectivity index (χ0v) is 10.2. The van der Waals surface area contributed by atoms with Crippen LogP contribution in [0.3, 0.4) is 0 Å². The lowest BCUT2D eigenvalue weighted by Gasteiger charge is -2.16. The number of hydrogen-bond donors (Lipinski definition) is 1. The van der Waals surface area contributed by atoms with Gasteiger partial charge in [0.15, 0.2) is 11.5 Å². The average molecular weight is 243 g/mol. The lowest BCUT2D eigenvalue weighted by atomic mass is 10.1. The predicted octanol–water partition coefficient (Wildman–Crippen LogP) is 2.77. The van der Waals surface area contributed by atoms with Crippen LogP contribution in [0.4, 0.5) is 0 Å². The maximum atomic E-state index is 8.80. The molecular formula is C12H15ClO3. The Balaban J connectivity index is 2.26. The summed E-state index contributed by atoms with van der Waals surface area (Å²) in [4.78, 5) is 0. The van der Waals surface area contributed by atoms with Gasteiger partial charge in [-0.1, -0.05) is 11.6 Å². The first-order valence-corrected chi connectivity index (χ1v) is 5.71. The number of rotatable bonds is 3. The number of hydrogen-bond acceptors (Lipinski definition) is 3. The Morgan fingerprint density at radius 1 is 1.25 bits per heavy atom. The molecule has 2 rings (SSSR count). The van der Waals surface area contributed by atoms with Crippen LogP contribution in [-0.4, -0.2) is 17.5 Å². The molecule has 1 aromatic carbocycles. The summed E-state index contributed by atoms with van der Waals surface area (Å²) in [5, 5.41) is 9.46. The molecule has 0 saturated heterocycles. The first-order chi connectivity index (χ1) is 7.52. The van der Waals surface area contributed by atoms with E-state index in [1.54, 1.807) is 6.07 Å². The van der Waals surface area contributed by atoms with Gasteiger partial charge in [0.05, 0.1) is 0 Å². The number of aryl methyl sites for hydroxylation is 1. The fraction of sp³-hybridized carbons (Fsp3) is 0.500. The van der Waals surface area contributed by atoms with E-state index >= 15 is 0 Å². The molecule has 0 amide bonds. The van der Waals surface area contributed by atoms with Crippen molar-refractivity contribution < 1.29 is 14.6 Å². The molecule has 1 N–H and O–H groups in total. The van der Waals surface area contributed by atoms with Crippen LogP contribution < -0.4 is 9.47 Å². The van der Waals surface area contributed by atoms with Crippen molar-refractivity contribution in [1.82, 2.24) is 0 Å². The van der Waals surface area contributed by atoms with Crippen LogP contribution >= 0.6 is 11.6 Å². The van der Waals surface area contributed by atoms with Gasteiger partial charge in [0.1, 0.15) is 0 Å². The Morgan fingerprint density at radius 2 is 1.88 bits per heavy atom. The highest BCUT2D eigenvalue weighted by Crippen LogP contribution is 2.42. The largest absolute Gasteiger partial charge is 0.449 e. The van der Waals surface area contributed by atoms with Crippen LogP contribution in [0.25, 0.3) is 0 Å². The van der Waals surface area contributed by atoms with Gasteiger partial charge in [0.25, 0.3) is 0 Å². The second-order valence-electron chi connectivity index (χ2n) is 4.32. The third kappa shape index (κ3) is 2.25. The molecule has 1 aliphatic heterocycles. The first kappa shape index (κ1) is 11.6. The van der Waals surface area contributed by atoms with Crippen molar-refractivity contribution in [2.24, 2.45) is 0 Å². The van der Waals surface area contributed by atoms with E-state index in [1.807, 2.05) is 19.9 Å². The summed E-state index contributed by atoms with van der Waals surface area (Å²) in [6, 6.07) is 3.67. The molecule has 16 heavy (non-hydrogen) atoms. The molecule has 0 fully saturated rings. The van der Waals surface area contributed by atoms with Gasteiger partial charge in [0, 0.05) is 31.5 Å². The normalized spacial score (nSPS) is 16.5. The number of halogens is 1. The van der Waals surface area contributed by atoms with Crippen LogP contribution in [0.2, 0.25) is 5.02 Å². The Bertz CT molecular complexity index is 401. The van der Waals surface area contributed by atoms with Gasteiger partial charge in [-0.2, -0.15) is 0 Å². The van der Waals surface area contributed by atoms with Gasteiger partial charge in [-0.3, -0.25) is 0 Å². The number of aliphatic hydroxyl groups is 1. The average Bonchev–Trinajstić information content (AvgIpc) is 2.47. The molecule has 0 aliphatic carbocycles. The van der Waals surface area contributed by atoms with Gasteiger partial charge in [0.2, 0.25) is 5.79 Å². The second-order valence-corrected chi connectivity index (χ2v) is 4.73. The van der Waals surface area contributed by atoms with E-state index < -0.39 is 5.79 Å². The summed E-state index contributed by atoms with van der Waals surface area (Å²) >= 11 is 6.12. The zero-order chi connectivity index (χ0) is 11.8. The molecule has 0 atom stereocenters. The third-order valence-electron chi connectivity index (χ3n) is 2.43. The summed E-state index contributed by atoms with van der Waals surface area (Å²) < 4.78 is 11.2. The van der Waals surface area contributed by atoms with Crippen molar-refractivity contribution in [3.63, 3.8) is 0 Å². The Hall–Kier alpha value is -0.930. The van der Waals surface area contributed by atoms with Crippen LogP contribution in [-0.2, 0) is 6.42 Å². The lowest BCUT2D eigenvalue weighted by molar-refractivity contribution is -0.0431. The Kier molecular flexibility index (Phi) is 3.00. The molecule has 0 radical (unpaired) electrons. The maximum absolute atomic E-state index is 8.80. The summed E-state index contributed by atoms with van der Waals surface area (Å²) in [6.45, 7) is 3.87. The number of aliphatic hydroxyl groups excluding tert-OH is 1. The monoisotopic (exact) mass is 242 g/mol. The highest BCUT2D eigenvalue weighted by Gasteiger charge is 2.32. The van der Waals surface area contributed by atoms with E-state index in [2.05, 4.69) is 0 Å². The van der Waals surface area contributed by atoms with Crippen LogP contribution in [0.1, 0.15) is 25.8 Å². The van der Waals surface area contributed by atoms with Crippen molar-refractivity contribution in [3.8, 4) is 11.5 Å². The predicted molar refractivity (Wildman–Crippen MR) is 62.2 cm³/mol. The van der Waals surface area contributed by atoms with Crippen molar-refractivity contribution in [2.75, 3.05) is 6.61 Å². The van der Waals surface area contributed by atoms with Crippen molar-refractivity contribution >= 4 is 11.6 Å². The molecule has 1 heterocycles. The Morgan fingerprint density at radius 3 is 2.50 bits per heavy atom. The molecule has 0 aromatic heterocycles. The summed E-state index contributed by atoms with van der Waals surface area (Å²) in [5.41, 5.74) is 0.982. The van der Waals surface area contributed by atoms with E-state index in [1.165, 1.54) is 0 Å². The van der Waals surface area contributed by atoms with Crippen LogP contribution in [0.5, 0.6) is 11.5 Å². The molecule has 3 nitrogen and oxygen atoms in total. The maximum Gasteiger partial charge on any atom is 0.246 e. The Labute approximate surface area is 99.9 Å². The minimum absolute atomic E-state index is 0.163. The fourth-order valence-electron chi connectivity index (χ4n) is 1.75. The molecule has 0 unspecified atom stereocenters. The highest BCUT2D eigenvalue weighted by molar-refractivity contribution is 6.31. The van der Waals surface area contributed by atoms with E-state index in [4.69, 9.17) is 26.2 Å². The summed E-state index contributed by atoms with van der Waals surface area (Å²) in [5.74, 6) is 0.784. The smallest absolute Gasteiger partial charge is 0.246 e. The minimum Gasteiger partial charge on any atom is -0.449 e. The standard InChI is InChI=1S/C12H15ClO3/c1-12(2)15-10-6-8(4-3-5-14)9(13)7-11(10)16-12/h6-7,14H,3-5H2,1-2H3. The summed E-state index contributed by atoms with van der Waals surface area (Å²) in [6.07, 6.45) is 1.44. The van der Waals surface area contributed by atoms with Gasteiger partial charge >= 0.3 is 0 Å². The van der Waals surface area contributed by atoms with E-state index in [0.717, 1.165) is 17.7 Å². The van der Waals surface area contributed by atoms with Crippen molar-refractivity contribution in [1.29, 1.82) is 0 Å². The minimum atomic E-state index is -0.624. The number of ether oxygens (including phenoxy) is 2. The van der Waals surface area contributed by atoms with Gasteiger partial charge in [-0.05, 0) is 24.5 Å². The third-order valence-corrected chi connectivity index (χ3v) is 2.78. The molecule has 1 aromatic rings. The van der Waals surface area contributed by atoms with E-state index in [0.29, 0.717) is 17.2 Å². The number of fused-ring (bicyclic) bond motifs is 1. The summed E-state index contributed by atoms with van der Waals surface area (Å²) in [7, 11) is 0. The van der Waals surface area contributed by atoms with Gasteiger partial charge in [-0.25, -0.2) is 0 Å². The molecular weight excluding hydrogens is 228 g/mol. The molecule has 1 aliphatic rings. The highest BCUT2D eigenvalue weighted by atomic mass is 35.5. The quantitative estimate of drug-likeness (QED) is 0.886. The fourth-order valence-corrected chi connectivity index (χ4v) is 2.00. The van der Waals surface area contributed by atoms with E-state index in [-0.39, 0.29) is 6.61 Å².